The average molecular weight is 273 g/mol. The minimum Gasteiger partial charge on any atom is -0.480 e. The van der Waals surface area contributed by atoms with E-state index in [0.717, 1.165) is 6.26 Å². The summed E-state index contributed by atoms with van der Waals surface area (Å²) < 4.78 is 23.7. The van der Waals surface area contributed by atoms with Gasteiger partial charge >= 0.3 is 5.97 Å². The van der Waals surface area contributed by atoms with Gasteiger partial charge < -0.3 is 10.8 Å². The van der Waals surface area contributed by atoms with Crippen LogP contribution in [0.15, 0.2) is 0 Å². The summed E-state index contributed by atoms with van der Waals surface area (Å²) in [5.41, 5.74) is 5.38. The van der Waals surface area contributed by atoms with Crippen molar-refractivity contribution in [3.05, 3.63) is 0 Å². The Bertz CT molecular complexity index is 346. The van der Waals surface area contributed by atoms with Crippen LogP contribution < -0.4 is 5.73 Å². The summed E-state index contributed by atoms with van der Waals surface area (Å²) in [5.74, 6) is -0.973. The van der Waals surface area contributed by atoms with Gasteiger partial charge in [-0.25, -0.2) is 12.7 Å². The first-order valence-electron chi connectivity index (χ1n) is 4.74. The molecule has 0 radical (unpaired) electrons. The number of halogens is 1. The first-order valence-corrected chi connectivity index (χ1v) is 6.59. The van der Waals surface area contributed by atoms with Gasteiger partial charge in [0.15, 0.2) is 0 Å². The Hall–Kier alpha value is -0.370. The first-order chi connectivity index (χ1) is 6.80. The zero-order valence-corrected chi connectivity index (χ0v) is 10.6. The molecule has 0 aliphatic carbocycles. The third kappa shape index (κ3) is 4.25. The lowest BCUT2D eigenvalue weighted by atomic mass is 10.00. The molecule has 0 amide bonds. The van der Waals surface area contributed by atoms with E-state index in [-0.39, 0.29) is 18.3 Å². The molecule has 0 aromatic rings. The number of nitrogens with zero attached hydrogens (tertiary/aromatic N) is 1. The second-order valence-electron chi connectivity index (χ2n) is 3.96. The fourth-order valence-electron chi connectivity index (χ4n) is 1.75. The van der Waals surface area contributed by atoms with Gasteiger partial charge in [0.1, 0.15) is 6.04 Å². The van der Waals surface area contributed by atoms with E-state index in [2.05, 4.69) is 0 Å². The van der Waals surface area contributed by atoms with Crippen molar-refractivity contribution in [2.75, 3.05) is 19.3 Å². The van der Waals surface area contributed by atoms with Gasteiger partial charge in [-0.2, -0.15) is 0 Å². The largest absolute Gasteiger partial charge is 0.480 e. The number of carboxylic acid groups (broad SMARTS) is 1. The molecule has 0 aromatic carbocycles. The van der Waals surface area contributed by atoms with Crippen LogP contribution in [0.5, 0.6) is 0 Å². The zero-order valence-electron chi connectivity index (χ0n) is 9.00. The smallest absolute Gasteiger partial charge is 0.320 e. The fourth-order valence-corrected chi connectivity index (χ4v) is 2.67. The van der Waals surface area contributed by atoms with Crippen LogP contribution in [0.3, 0.4) is 0 Å². The molecule has 1 aliphatic rings. The summed E-state index contributed by atoms with van der Waals surface area (Å²) in [6.07, 6.45) is 2.18. The van der Waals surface area contributed by atoms with Gasteiger partial charge in [0, 0.05) is 13.1 Å². The van der Waals surface area contributed by atoms with E-state index < -0.39 is 22.0 Å². The molecule has 1 fully saturated rings. The van der Waals surface area contributed by atoms with Crippen molar-refractivity contribution in [1.82, 2.24) is 4.31 Å². The van der Waals surface area contributed by atoms with Gasteiger partial charge in [-0.15, -0.1) is 12.4 Å². The molecule has 0 spiro atoms. The van der Waals surface area contributed by atoms with Crippen molar-refractivity contribution in [2.45, 2.75) is 18.9 Å². The van der Waals surface area contributed by atoms with E-state index in [9.17, 15) is 13.2 Å². The second kappa shape index (κ2) is 5.81. The quantitative estimate of drug-likeness (QED) is 0.718. The third-order valence-electron chi connectivity index (χ3n) is 2.62. The summed E-state index contributed by atoms with van der Waals surface area (Å²) in [5, 5.41) is 8.61. The van der Waals surface area contributed by atoms with Crippen molar-refractivity contribution in [3.8, 4) is 0 Å². The van der Waals surface area contributed by atoms with Crippen LogP contribution in [0.4, 0.5) is 0 Å². The topological polar surface area (TPSA) is 101 Å². The van der Waals surface area contributed by atoms with E-state index >= 15 is 0 Å². The monoisotopic (exact) mass is 272 g/mol. The Labute approximate surface area is 101 Å². The molecule has 1 aliphatic heterocycles. The highest BCUT2D eigenvalue weighted by atomic mass is 35.5. The van der Waals surface area contributed by atoms with Crippen LogP contribution in [-0.2, 0) is 14.8 Å². The standard InChI is InChI=1S/C8H16N2O4S.ClH/c1-15(13,14)10-3-2-6(5-10)4-7(9)8(11)12;/h6-7H,2-5,9H2,1H3,(H,11,12);1H/t6?,7-;/m0./s1. The van der Waals surface area contributed by atoms with E-state index in [1.807, 2.05) is 0 Å². The van der Waals surface area contributed by atoms with Crippen LogP contribution in [0.1, 0.15) is 12.8 Å². The fraction of sp³-hybridized carbons (Fsp3) is 0.875. The van der Waals surface area contributed by atoms with Gasteiger partial charge in [0.2, 0.25) is 10.0 Å². The molecule has 2 atom stereocenters. The molecule has 16 heavy (non-hydrogen) atoms. The number of carbonyl (C=O) groups is 1. The van der Waals surface area contributed by atoms with E-state index in [1.54, 1.807) is 0 Å². The summed E-state index contributed by atoms with van der Waals surface area (Å²) in [6, 6.07) is -0.894. The normalized spacial score (nSPS) is 23.8. The Morgan fingerprint density at radius 1 is 1.62 bits per heavy atom. The van der Waals surface area contributed by atoms with Crippen molar-refractivity contribution < 1.29 is 18.3 Å². The van der Waals surface area contributed by atoms with Gasteiger partial charge in [-0.05, 0) is 18.8 Å². The molecular formula is C8H17ClN2O4S. The maximum atomic E-state index is 11.2. The van der Waals surface area contributed by atoms with Crippen molar-refractivity contribution in [2.24, 2.45) is 11.7 Å². The Balaban J connectivity index is 0.00000225. The summed E-state index contributed by atoms with van der Waals surface area (Å²) in [4.78, 5) is 10.5. The molecule has 0 aromatic heterocycles. The number of rotatable bonds is 4. The van der Waals surface area contributed by atoms with Crippen LogP contribution in [0.25, 0.3) is 0 Å². The lowest BCUT2D eigenvalue weighted by Crippen LogP contribution is -2.33. The third-order valence-corrected chi connectivity index (χ3v) is 3.89. The van der Waals surface area contributed by atoms with Crippen LogP contribution in [0, 0.1) is 5.92 Å². The minimum absolute atomic E-state index is 0. The molecule has 1 saturated heterocycles. The number of nitrogens with two attached hydrogens (primary N) is 1. The number of hydrogen-bond acceptors (Lipinski definition) is 4. The predicted molar refractivity (Wildman–Crippen MR) is 62.0 cm³/mol. The zero-order chi connectivity index (χ0) is 11.6. The molecule has 8 heteroatoms. The molecule has 6 nitrogen and oxygen atoms in total. The summed E-state index contributed by atoms with van der Waals surface area (Å²) >= 11 is 0. The van der Waals surface area contributed by atoms with Gasteiger partial charge in [-0.3, -0.25) is 4.79 Å². The first kappa shape index (κ1) is 15.6. The van der Waals surface area contributed by atoms with Crippen LogP contribution in [-0.4, -0.2) is 49.2 Å². The van der Waals surface area contributed by atoms with E-state index in [1.165, 1.54) is 4.31 Å². The molecule has 1 heterocycles. The second-order valence-corrected chi connectivity index (χ2v) is 5.94. The van der Waals surface area contributed by atoms with Gasteiger partial charge in [0.25, 0.3) is 0 Å². The molecule has 96 valence electrons. The highest BCUT2D eigenvalue weighted by Crippen LogP contribution is 2.22. The predicted octanol–water partition coefficient (Wildman–Crippen LogP) is -0.508. The number of carboxylic acids is 1. The van der Waals surface area contributed by atoms with Crippen molar-refractivity contribution in [1.29, 1.82) is 0 Å². The van der Waals surface area contributed by atoms with Crippen LogP contribution >= 0.6 is 12.4 Å². The maximum absolute atomic E-state index is 11.2. The van der Waals surface area contributed by atoms with Gasteiger partial charge in [0.05, 0.1) is 6.26 Å². The molecule has 1 rings (SSSR count). The molecule has 0 saturated carbocycles. The van der Waals surface area contributed by atoms with E-state index in [4.69, 9.17) is 10.8 Å². The maximum Gasteiger partial charge on any atom is 0.320 e. The highest BCUT2D eigenvalue weighted by molar-refractivity contribution is 7.88. The van der Waals surface area contributed by atoms with Gasteiger partial charge in [-0.1, -0.05) is 0 Å². The highest BCUT2D eigenvalue weighted by Gasteiger charge is 2.30. The molecule has 0 bridgehead atoms. The number of aliphatic carboxylic acids is 1. The molecule has 3 N–H and O–H groups in total. The van der Waals surface area contributed by atoms with Crippen molar-refractivity contribution in [3.63, 3.8) is 0 Å². The average Bonchev–Trinajstić information content (AvgIpc) is 2.51. The van der Waals surface area contributed by atoms with E-state index in [0.29, 0.717) is 25.9 Å². The minimum atomic E-state index is -3.15. The summed E-state index contributed by atoms with van der Waals surface area (Å²) in [7, 11) is -3.15. The van der Waals surface area contributed by atoms with Crippen LogP contribution in [0.2, 0.25) is 0 Å². The Morgan fingerprint density at radius 3 is 2.56 bits per heavy atom. The Kier molecular flexibility index (Phi) is 5.67. The molecule has 1 unspecified atom stereocenters. The lowest BCUT2D eigenvalue weighted by Gasteiger charge is -2.14. The Morgan fingerprint density at radius 2 is 2.19 bits per heavy atom. The number of sulfonamides is 1. The SMILES string of the molecule is CS(=O)(=O)N1CCC(C[C@H](N)C(=O)O)C1.Cl. The molecular weight excluding hydrogens is 256 g/mol. The number of hydrogen-bond donors (Lipinski definition) is 2. The van der Waals surface area contributed by atoms with Crippen molar-refractivity contribution >= 4 is 28.4 Å². The summed E-state index contributed by atoms with van der Waals surface area (Å²) in [6.45, 7) is 0.857. The lowest BCUT2D eigenvalue weighted by molar-refractivity contribution is -0.138.